The fourth-order valence-corrected chi connectivity index (χ4v) is 3.56. The number of aryl methyl sites for hydroxylation is 4. The van der Waals surface area contributed by atoms with E-state index >= 15 is 0 Å². The highest BCUT2D eigenvalue weighted by molar-refractivity contribution is 6.30. The lowest BCUT2D eigenvalue weighted by Crippen LogP contribution is -2.19. The Kier molecular flexibility index (Phi) is 4.05. The number of halogens is 1. The van der Waals surface area contributed by atoms with Gasteiger partial charge in [-0.3, -0.25) is 4.68 Å². The number of hydrogen-bond acceptors (Lipinski definition) is 2. The number of fused-ring (bicyclic) bond motifs is 1. The van der Waals surface area contributed by atoms with Crippen LogP contribution < -0.4 is 5.32 Å². The van der Waals surface area contributed by atoms with E-state index in [1.165, 1.54) is 36.0 Å². The van der Waals surface area contributed by atoms with Gasteiger partial charge in [0.1, 0.15) is 5.15 Å². The molecular weight excluding hydrogens is 282 g/mol. The first-order chi connectivity index (χ1) is 10.1. The van der Waals surface area contributed by atoms with Crippen LogP contribution >= 0.6 is 11.6 Å². The fourth-order valence-electron chi connectivity index (χ4n) is 3.30. The molecule has 21 heavy (non-hydrogen) atoms. The minimum Gasteiger partial charge on any atom is -0.313 e. The summed E-state index contributed by atoms with van der Waals surface area (Å²) in [7, 11) is 3.90. The molecule has 1 aromatic carbocycles. The summed E-state index contributed by atoms with van der Waals surface area (Å²) in [5.41, 5.74) is 6.53. The van der Waals surface area contributed by atoms with E-state index in [0.29, 0.717) is 0 Å². The van der Waals surface area contributed by atoms with Crippen LogP contribution in [-0.4, -0.2) is 16.8 Å². The first-order valence-electron chi connectivity index (χ1n) is 7.57. The summed E-state index contributed by atoms with van der Waals surface area (Å²) >= 11 is 6.37. The standard InChI is InChI=1S/C17H22ClN3/c1-11-15(17(18)21(3)20-11)10-16(19-2)14-8-7-12-5-4-6-13(12)9-14/h7-9,16,19H,4-6,10H2,1-3H3. The Morgan fingerprint density at radius 3 is 2.76 bits per heavy atom. The van der Waals surface area contributed by atoms with Crippen LogP contribution in [-0.2, 0) is 26.3 Å². The number of hydrogen-bond donors (Lipinski definition) is 1. The van der Waals surface area contributed by atoms with Gasteiger partial charge in [-0.25, -0.2) is 0 Å². The van der Waals surface area contributed by atoms with E-state index in [9.17, 15) is 0 Å². The molecule has 3 rings (SSSR count). The molecule has 1 aliphatic rings. The van der Waals surface area contributed by atoms with Crippen molar-refractivity contribution in [3.8, 4) is 0 Å². The first-order valence-corrected chi connectivity index (χ1v) is 7.95. The Morgan fingerprint density at radius 2 is 2.10 bits per heavy atom. The maximum Gasteiger partial charge on any atom is 0.130 e. The Labute approximate surface area is 131 Å². The van der Waals surface area contributed by atoms with Gasteiger partial charge < -0.3 is 5.32 Å². The Balaban J connectivity index is 1.88. The van der Waals surface area contributed by atoms with Crippen LogP contribution in [0.25, 0.3) is 0 Å². The van der Waals surface area contributed by atoms with Crippen LogP contribution in [0, 0.1) is 6.92 Å². The number of nitrogens with one attached hydrogen (secondary N) is 1. The molecule has 0 saturated heterocycles. The maximum atomic E-state index is 6.37. The van der Waals surface area contributed by atoms with E-state index in [-0.39, 0.29) is 6.04 Å². The Hall–Kier alpha value is -1.32. The Morgan fingerprint density at radius 1 is 1.33 bits per heavy atom. The zero-order valence-corrected chi connectivity index (χ0v) is 13.7. The summed E-state index contributed by atoms with van der Waals surface area (Å²) in [6, 6.07) is 7.18. The predicted octanol–water partition coefficient (Wildman–Crippen LogP) is 3.37. The van der Waals surface area contributed by atoms with E-state index in [1.54, 1.807) is 4.68 Å². The van der Waals surface area contributed by atoms with Crippen LogP contribution in [0.3, 0.4) is 0 Å². The van der Waals surface area contributed by atoms with Gasteiger partial charge >= 0.3 is 0 Å². The second-order valence-electron chi connectivity index (χ2n) is 5.91. The third-order valence-electron chi connectivity index (χ3n) is 4.55. The van der Waals surface area contributed by atoms with Gasteiger partial charge in [-0.05, 0) is 56.3 Å². The van der Waals surface area contributed by atoms with Crippen molar-refractivity contribution in [2.45, 2.75) is 38.6 Å². The van der Waals surface area contributed by atoms with Gasteiger partial charge in [-0.15, -0.1) is 0 Å². The lowest BCUT2D eigenvalue weighted by atomic mass is 9.96. The van der Waals surface area contributed by atoms with E-state index in [2.05, 4.69) is 28.6 Å². The van der Waals surface area contributed by atoms with Crippen molar-refractivity contribution in [3.05, 3.63) is 51.3 Å². The fraction of sp³-hybridized carbons (Fsp3) is 0.471. The smallest absolute Gasteiger partial charge is 0.130 e. The maximum absolute atomic E-state index is 6.37. The molecule has 2 aromatic rings. The first kappa shape index (κ1) is 14.6. The van der Waals surface area contributed by atoms with Crippen LogP contribution in [0.15, 0.2) is 18.2 Å². The monoisotopic (exact) mass is 303 g/mol. The van der Waals surface area contributed by atoms with Crippen LogP contribution in [0.1, 0.15) is 40.4 Å². The minimum absolute atomic E-state index is 0.274. The second-order valence-corrected chi connectivity index (χ2v) is 6.26. The average molecular weight is 304 g/mol. The third kappa shape index (κ3) is 2.72. The summed E-state index contributed by atoms with van der Waals surface area (Å²) in [6.07, 6.45) is 4.60. The van der Waals surface area contributed by atoms with E-state index in [0.717, 1.165) is 22.8 Å². The molecule has 1 N–H and O–H groups in total. The van der Waals surface area contributed by atoms with Gasteiger partial charge in [0.05, 0.1) is 5.69 Å². The Bertz CT molecular complexity index is 660. The van der Waals surface area contributed by atoms with Gasteiger partial charge in [0.25, 0.3) is 0 Å². The highest BCUT2D eigenvalue weighted by Gasteiger charge is 2.19. The molecule has 1 aliphatic carbocycles. The van der Waals surface area contributed by atoms with Crippen LogP contribution in [0.5, 0.6) is 0 Å². The minimum atomic E-state index is 0.274. The van der Waals surface area contributed by atoms with E-state index < -0.39 is 0 Å². The molecule has 0 fully saturated rings. The van der Waals surface area contributed by atoms with Crippen molar-refractivity contribution < 1.29 is 0 Å². The number of nitrogens with zero attached hydrogens (tertiary/aromatic N) is 2. The van der Waals surface area contributed by atoms with Crippen LogP contribution in [0.2, 0.25) is 5.15 Å². The number of rotatable bonds is 4. The molecule has 3 nitrogen and oxygen atoms in total. The molecule has 1 aromatic heterocycles. The molecule has 0 saturated carbocycles. The van der Waals surface area contributed by atoms with Gasteiger partial charge in [0, 0.05) is 18.7 Å². The van der Waals surface area contributed by atoms with Crippen molar-refractivity contribution in [2.75, 3.05) is 7.05 Å². The quantitative estimate of drug-likeness (QED) is 0.938. The van der Waals surface area contributed by atoms with Crippen molar-refractivity contribution in [3.63, 3.8) is 0 Å². The number of benzene rings is 1. The molecule has 112 valence electrons. The molecule has 1 heterocycles. The largest absolute Gasteiger partial charge is 0.313 e. The summed E-state index contributed by atoms with van der Waals surface area (Å²) in [4.78, 5) is 0. The highest BCUT2D eigenvalue weighted by atomic mass is 35.5. The van der Waals surface area contributed by atoms with Crippen LogP contribution in [0.4, 0.5) is 0 Å². The number of aromatic nitrogens is 2. The zero-order valence-electron chi connectivity index (χ0n) is 12.9. The summed E-state index contributed by atoms with van der Waals surface area (Å²) in [5.74, 6) is 0. The summed E-state index contributed by atoms with van der Waals surface area (Å²) in [6.45, 7) is 2.02. The molecule has 0 spiro atoms. The molecule has 0 radical (unpaired) electrons. The van der Waals surface area contributed by atoms with Crippen molar-refractivity contribution in [1.82, 2.24) is 15.1 Å². The van der Waals surface area contributed by atoms with Gasteiger partial charge in [-0.1, -0.05) is 29.8 Å². The second kappa shape index (κ2) is 5.82. The van der Waals surface area contributed by atoms with Gasteiger partial charge in [0.15, 0.2) is 0 Å². The lowest BCUT2D eigenvalue weighted by molar-refractivity contribution is 0.590. The van der Waals surface area contributed by atoms with Gasteiger partial charge in [0.2, 0.25) is 0 Å². The molecule has 4 heteroatoms. The summed E-state index contributed by atoms with van der Waals surface area (Å²) < 4.78 is 1.75. The topological polar surface area (TPSA) is 29.9 Å². The lowest BCUT2D eigenvalue weighted by Gasteiger charge is -2.18. The summed E-state index contributed by atoms with van der Waals surface area (Å²) in [5, 5.41) is 8.58. The van der Waals surface area contributed by atoms with Crippen molar-refractivity contribution in [1.29, 1.82) is 0 Å². The SMILES string of the molecule is CNC(Cc1c(C)nn(C)c1Cl)c1ccc2c(c1)CCC2. The van der Waals surface area contributed by atoms with Gasteiger partial charge in [-0.2, -0.15) is 5.10 Å². The molecule has 0 bridgehead atoms. The van der Waals surface area contributed by atoms with E-state index in [4.69, 9.17) is 11.6 Å². The molecule has 1 atom stereocenters. The predicted molar refractivity (Wildman–Crippen MR) is 86.9 cm³/mol. The van der Waals surface area contributed by atoms with Crippen molar-refractivity contribution >= 4 is 11.6 Å². The van der Waals surface area contributed by atoms with Crippen molar-refractivity contribution in [2.24, 2.45) is 7.05 Å². The normalized spacial score (nSPS) is 15.2. The molecule has 0 aliphatic heterocycles. The molecular formula is C17H22ClN3. The number of likely N-dealkylation sites (N-methyl/N-ethyl adjacent to an activating group) is 1. The molecule has 1 unspecified atom stereocenters. The third-order valence-corrected chi connectivity index (χ3v) is 5.02. The highest BCUT2D eigenvalue weighted by Crippen LogP contribution is 2.29. The van der Waals surface area contributed by atoms with E-state index in [1.807, 2.05) is 21.0 Å². The molecule has 0 amide bonds. The zero-order chi connectivity index (χ0) is 15.0. The average Bonchev–Trinajstić information content (AvgIpc) is 3.03.